The van der Waals surface area contributed by atoms with Crippen LogP contribution in [0.25, 0.3) is 0 Å². The van der Waals surface area contributed by atoms with Gasteiger partial charge in [0.1, 0.15) is 0 Å². The summed E-state index contributed by atoms with van der Waals surface area (Å²) in [5.41, 5.74) is 0.0203. The third-order valence-electron chi connectivity index (χ3n) is 2.98. The molecule has 1 N–H and O–H groups in total. The maximum Gasteiger partial charge on any atom is 0.279 e. The van der Waals surface area contributed by atoms with Crippen LogP contribution >= 0.6 is 11.6 Å². The predicted octanol–water partition coefficient (Wildman–Crippen LogP) is 1.18. The standard InChI is InChI=1S/C9H19ClN2O2S/c1-8(2)12(3)15(13,14)11-7-9(6-10)4-5-9/h8,11H,4-7H2,1-3H3. The van der Waals surface area contributed by atoms with Crippen LogP contribution in [0.15, 0.2) is 0 Å². The third kappa shape index (κ3) is 3.31. The molecule has 0 saturated heterocycles. The minimum absolute atomic E-state index is 0.0203. The lowest BCUT2D eigenvalue weighted by atomic mass is 10.1. The zero-order valence-corrected chi connectivity index (χ0v) is 11.0. The molecule has 90 valence electrons. The van der Waals surface area contributed by atoms with Gasteiger partial charge < -0.3 is 0 Å². The molecule has 4 nitrogen and oxygen atoms in total. The molecule has 1 aliphatic carbocycles. The maximum absolute atomic E-state index is 11.7. The van der Waals surface area contributed by atoms with Crippen molar-refractivity contribution in [3.05, 3.63) is 0 Å². The quantitative estimate of drug-likeness (QED) is 0.724. The van der Waals surface area contributed by atoms with Crippen LogP contribution in [0.4, 0.5) is 0 Å². The molecule has 0 aromatic rings. The first-order valence-corrected chi connectivity index (χ1v) is 7.09. The normalized spacial score (nSPS) is 19.9. The molecule has 0 unspecified atom stereocenters. The van der Waals surface area contributed by atoms with E-state index >= 15 is 0 Å². The van der Waals surface area contributed by atoms with E-state index in [9.17, 15) is 8.42 Å². The number of hydrogen-bond acceptors (Lipinski definition) is 2. The van der Waals surface area contributed by atoms with Gasteiger partial charge in [0.2, 0.25) is 0 Å². The van der Waals surface area contributed by atoms with Crippen LogP contribution in [0.5, 0.6) is 0 Å². The molecule has 1 fully saturated rings. The van der Waals surface area contributed by atoms with Crippen molar-refractivity contribution in [1.29, 1.82) is 0 Å². The second-order valence-corrected chi connectivity index (χ2v) is 6.65. The van der Waals surface area contributed by atoms with Gasteiger partial charge in [-0.2, -0.15) is 12.7 Å². The summed E-state index contributed by atoms with van der Waals surface area (Å²) in [5, 5.41) is 0. The van der Waals surface area contributed by atoms with Gasteiger partial charge in [-0.3, -0.25) is 0 Å². The summed E-state index contributed by atoms with van der Waals surface area (Å²) in [5.74, 6) is 0.529. The van der Waals surface area contributed by atoms with E-state index in [1.54, 1.807) is 7.05 Å². The summed E-state index contributed by atoms with van der Waals surface area (Å²) < 4.78 is 27.4. The van der Waals surface area contributed by atoms with Crippen LogP contribution in [0.2, 0.25) is 0 Å². The summed E-state index contributed by atoms with van der Waals surface area (Å²) in [7, 11) is -1.76. The highest BCUT2D eigenvalue weighted by molar-refractivity contribution is 7.87. The Balaban J connectivity index is 2.50. The first-order valence-electron chi connectivity index (χ1n) is 5.12. The number of nitrogens with zero attached hydrogens (tertiary/aromatic N) is 1. The van der Waals surface area contributed by atoms with Gasteiger partial charge in [0.15, 0.2) is 0 Å². The molecule has 0 amide bonds. The SMILES string of the molecule is CC(C)N(C)S(=O)(=O)NCC1(CCl)CC1. The molecule has 0 aliphatic heterocycles. The van der Waals surface area contributed by atoms with Gasteiger partial charge in [0.05, 0.1) is 0 Å². The van der Waals surface area contributed by atoms with Crippen LogP contribution in [-0.2, 0) is 10.2 Å². The van der Waals surface area contributed by atoms with Crippen molar-refractivity contribution in [2.24, 2.45) is 5.41 Å². The van der Waals surface area contributed by atoms with Crippen molar-refractivity contribution >= 4 is 21.8 Å². The summed E-state index contributed by atoms with van der Waals surface area (Å²) in [6, 6.07) is -0.0337. The minimum atomic E-state index is -3.34. The first kappa shape index (κ1) is 13.2. The lowest BCUT2D eigenvalue weighted by Crippen LogP contribution is -2.44. The highest BCUT2D eigenvalue weighted by Crippen LogP contribution is 2.45. The van der Waals surface area contributed by atoms with Gasteiger partial charge in [0, 0.05) is 25.5 Å². The summed E-state index contributed by atoms with van der Waals surface area (Å²) in [6.45, 7) is 4.14. The van der Waals surface area contributed by atoms with E-state index in [1.807, 2.05) is 13.8 Å². The fourth-order valence-corrected chi connectivity index (χ4v) is 2.77. The van der Waals surface area contributed by atoms with Gasteiger partial charge in [-0.15, -0.1) is 11.6 Å². The minimum Gasteiger partial charge on any atom is -0.202 e. The van der Waals surface area contributed by atoms with Gasteiger partial charge in [-0.1, -0.05) is 0 Å². The van der Waals surface area contributed by atoms with Crippen molar-refractivity contribution < 1.29 is 8.42 Å². The Morgan fingerprint density at radius 1 is 1.47 bits per heavy atom. The average molecular weight is 255 g/mol. The average Bonchev–Trinajstić information content (AvgIpc) is 2.94. The van der Waals surface area contributed by atoms with Crippen LogP contribution < -0.4 is 4.72 Å². The predicted molar refractivity (Wildman–Crippen MR) is 62.2 cm³/mol. The van der Waals surface area contributed by atoms with Crippen molar-refractivity contribution in [2.75, 3.05) is 19.5 Å². The lowest BCUT2D eigenvalue weighted by molar-refractivity contribution is 0.397. The lowest BCUT2D eigenvalue weighted by Gasteiger charge is -2.22. The topological polar surface area (TPSA) is 49.4 Å². The molecule has 1 saturated carbocycles. The second-order valence-electron chi connectivity index (χ2n) is 4.57. The number of nitrogens with one attached hydrogen (secondary N) is 1. The highest BCUT2D eigenvalue weighted by Gasteiger charge is 2.42. The van der Waals surface area contributed by atoms with Crippen molar-refractivity contribution in [3.8, 4) is 0 Å². The molecule has 0 aromatic carbocycles. The molecule has 0 aromatic heterocycles. The Kier molecular flexibility index (Phi) is 4.03. The number of alkyl halides is 1. The van der Waals surface area contributed by atoms with Crippen molar-refractivity contribution in [2.45, 2.75) is 32.7 Å². The number of hydrogen-bond donors (Lipinski definition) is 1. The zero-order valence-electron chi connectivity index (χ0n) is 9.46. The van der Waals surface area contributed by atoms with Crippen LogP contribution in [0.3, 0.4) is 0 Å². The highest BCUT2D eigenvalue weighted by atomic mass is 35.5. The van der Waals surface area contributed by atoms with Crippen LogP contribution in [0, 0.1) is 5.41 Å². The Morgan fingerprint density at radius 3 is 2.33 bits per heavy atom. The van der Waals surface area contributed by atoms with Gasteiger partial charge >= 0.3 is 0 Å². The van der Waals surface area contributed by atoms with Gasteiger partial charge in [-0.25, -0.2) is 4.72 Å². The zero-order chi connectivity index (χ0) is 11.7. The van der Waals surface area contributed by atoms with E-state index in [4.69, 9.17) is 11.6 Å². The molecule has 15 heavy (non-hydrogen) atoms. The molecular weight excluding hydrogens is 236 g/mol. The van der Waals surface area contributed by atoms with Gasteiger partial charge in [0.25, 0.3) is 10.2 Å². The molecule has 1 aliphatic rings. The third-order valence-corrected chi connectivity index (χ3v) is 5.23. The van der Waals surface area contributed by atoms with E-state index in [-0.39, 0.29) is 11.5 Å². The molecule has 0 spiro atoms. The van der Waals surface area contributed by atoms with Crippen molar-refractivity contribution in [3.63, 3.8) is 0 Å². The Morgan fingerprint density at radius 2 is 2.00 bits per heavy atom. The van der Waals surface area contributed by atoms with E-state index < -0.39 is 10.2 Å². The van der Waals surface area contributed by atoms with Crippen molar-refractivity contribution in [1.82, 2.24) is 9.03 Å². The fourth-order valence-electron chi connectivity index (χ4n) is 1.16. The molecule has 1 rings (SSSR count). The van der Waals surface area contributed by atoms with E-state index in [1.165, 1.54) is 4.31 Å². The summed E-state index contributed by atoms with van der Waals surface area (Å²) >= 11 is 5.78. The van der Waals surface area contributed by atoms with E-state index in [0.29, 0.717) is 12.4 Å². The Hall–Kier alpha value is 0.160. The largest absolute Gasteiger partial charge is 0.279 e. The monoisotopic (exact) mass is 254 g/mol. The fraction of sp³-hybridized carbons (Fsp3) is 1.00. The number of rotatable bonds is 6. The van der Waals surface area contributed by atoms with Crippen LogP contribution in [-0.4, -0.2) is 38.2 Å². The van der Waals surface area contributed by atoms with E-state index in [0.717, 1.165) is 12.8 Å². The molecule has 6 heteroatoms. The number of halogens is 1. The first-order chi connectivity index (χ1) is 6.83. The molecule has 0 bridgehead atoms. The Bertz CT molecular complexity index is 312. The van der Waals surface area contributed by atoms with Crippen LogP contribution in [0.1, 0.15) is 26.7 Å². The second kappa shape index (κ2) is 4.57. The molecular formula is C9H19ClN2O2S. The molecule has 0 radical (unpaired) electrons. The van der Waals surface area contributed by atoms with E-state index in [2.05, 4.69) is 4.72 Å². The smallest absolute Gasteiger partial charge is 0.202 e. The summed E-state index contributed by atoms with van der Waals surface area (Å²) in [6.07, 6.45) is 2.04. The molecule has 0 heterocycles. The molecule has 0 atom stereocenters. The Labute approximate surface area is 97.2 Å². The van der Waals surface area contributed by atoms with Gasteiger partial charge in [-0.05, 0) is 32.1 Å². The summed E-state index contributed by atoms with van der Waals surface area (Å²) in [4.78, 5) is 0. The maximum atomic E-state index is 11.7.